The first-order chi connectivity index (χ1) is 12.7. The van der Waals surface area contributed by atoms with Crippen LogP contribution in [0.25, 0.3) is 16.1 Å². The summed E-state index contributed by atoms with van der Waals surface area (Å²) in [5, 5.41) is 12.4. The van der Waals surface area contributed by atoms with Gasteiger partial charge in [0.25, 0.3) is 0 Å². The summed E-state index contributed by atoms with van der Waals surface area (Å²) >= 11 is 1.60. The lowest BCUT2D eigenvalue weighted by Crippen LogP contribution is -2.28. The summed E-state index contributed by atoms with van der Waals surface area (Å²) < 4.78 is 13.0. The van der Waals surface area contributed by atoms with Crippen molar-refractivity contribution in [1.29, 1.82) is 0 Å². The summed E-state index contributed by atoms with van der Waals surface area (Å²) in [6.45, 7) is 2.69. The van der Waals surface area contributed by atoms with E-state index >= 15 is 0 Å². The van der Waals surface area contributed by atoms with Crippen molar-refractivity contribution >= 4 is 16.9 Å². The van der Waals surface area contributed by atoms with E-state index < -0.39 is 0 Å². The Morgan fingerprint density at radius 1 is 1.04 bits per heavy atom. The molecule has 2 aromatic carbocycles. The third-order valence-corrected chi connectivity index (χ3v) is 5.50. The Morgan fingerprint density at radius 3 is 2.46 bits per heavy atom. The van der Waals surface area contributed by atoms with E-state index in [9.17, 15) is 9.50 Å². The molecule has 0 atom stereocenters. The molecule has 0 saturated heterocycles. The van der Waals surface area contributed by atoms with Crippen LogP contribution in [-0.4, -0.2) is 28.1 Å². The highest BCUT2D eigenvalue weighted by Gasteiger charge is 2.15. The van der Waals surface area contributed by atoms with Gasteiger partial charge in [-0.1, -0.05) is 18.2 Å². The molecule has 0 fully saturated rings. The molecule has 1 N–H and O–H groups in total. The largest absolute Gasteiger partial charge is 0.508 e. The number of phenolic OH excluding ortho intramolecular Hbond substituents is 1. The van der Waals surface area contributed by atoms with Gasteiger partial charge in [0.15, 0.2) is 0 Å². The van der Waals surface area contributed by atoms with Gasteiger partial charge in [0.05, 0.1) is 5.69 Å². The minimum atomic E-state index is -0.227. The minimum Gasteiger partial charge on any atom is -0.508 e. The van der Waals surface area contributed by atoms with Crippen LogP contribution in [0.1, 0.15) is 17.7 Å². The first-order valence-electron chi connectivity index (χ1n) is 8.58. The maximum Gasteiger partial charge on any atom is 0.123 e. The van der Waals surface area contributed by atoms with Gasteiger partial charge in [-0.25, -0.2) is 9.37 Å². The maximum absolute atomic E-state index is 13.0. The zero-order valence-electron chi connectivity index (χ0n) is 14.2. The molecule has 26 heavy (non-hydrogen) atoms. The predicted molar refractivity (Wildman–Crippen MR) is 103 cm³/mol. The Labute approximate surface area is 156 Å². The van der Waals surface area contributed by atoms with Gasteiger partial charge in [-0.05, 0) is 54.0 Å². The number of phenols is 1. The van der Waals surface area contributed by atoms with Crippen LogP contribution >= 0.6 is 11.3 Å². The number of thiazole rings is 1. The molecule has 0 saturated carbocycles. The monoisotopic (exact) mass is 366 g/mol. The molecule has 4 rings (SSSR count). The van der Waals surface area contributed by atoms with Crippen molar-refractivity contribution in [2.24, 2.45) is 0 Å². The zero-order valence-corrected chi connectivity index (χ0v) is 15.0. The van der Waals surface area contributed by atoms with E-state index in [0.717, 1.165) is 42.3 Å². The van der Waals surface area contributed by atoms with E-state index in [1.807, 2.05) is 12.1 Å². The first kappa shape index (κ1) is 16.9. The molecule has 3 aromatic rings. The second-order valence-corrected chi connectivity index (χ2v) is 7.27. The average molecular weight is 366 g/mol. The van der Waals surface area contributed by atoms with Crippen LogP contribution in [0, 0.1) is 5.82 Å². The highest BCUT2D eigenvalue weighted by molar-refractivity contribution is 7.13. The molecule has 3 nitrogen and oxygen atoms in total. The second-order valence-electron chi connectivity index (χ2n) is 6.41. The normalized spacial score (nSPS) is 15.0. The van der Waals surface area contributed by atoms with Crippen molar-refractivity contribution in [3.63, 3.8) is 0 Å². The molecule has 0 unspecified atom stereocenters. The quantitative estimate of drug-likeness (QED) is 0.710. The number of halogens is 1. The average Bonchev–Trinajstić information content (AvgIpc) is 3.12. The van der Waals surface area contributed by atoms with Crippen LogP contribution in [0.5, 0.6) is 5.75 Å². The van der Waals surface area contributed by atoms with Crippen LogP contribution in [0.3, 0.4) is 0 Å². The Balaban J connectivity index is 1.40. The lowest BCUT2D eigenvalue weighted by molar-refractivity contribution is 0.291. The summed E-state index contributed by atoms with van der Waals surface area (Å²) in [5.74, 6) is 0.0716. The fourth-order valence-electron chi connectivity index (χ4n) is 3.13. The molecular formula is C21H19FN2OS. The van der Waals surface area contributed by atoms with Crippen LogP contribution in [0.4, 0.5) is 4.39 Å². The summed E-state index contributed by atoms with van der Waals surface area (Å²) in [6, 6.07) is 13.9. The van der Waals surface area contributed by atoms with Crippen molar-refractivity contribution in [1.82, 2.24) is 9.88 Å². The standard InChI is InChI=1S/C21H19FN2OS/c22-18-5-1-17(2-6-18)21-23-19(14-26-21)13-24-11-9-16(10-12-24)15-3-7-20(25)8-4-15/h1-9,14,25H,10-13H2. The van der Waals surface area contributed by atoms with Crippen LogP contribution in [0.2, 0.25) is 0 Å². The topological polar surface area (TPSA) is 36.4 Å². The zero-order chi connectivity index (χ0) is 17.9. The van der Waals surface area contributed by atoms with E-state index in [4.69, 9.17) is 4.98 Å². The van der Waals surface area contributed by atoms with Crippen LogP contribution in [-0.2, 0) is 6.54 Å². The smallest absolute Gasteiger partial charge is 0.123 e. The molecule has 5 heteroatoms. The Kier molecular flexibility index (Phi) is 4.82. The number of aromatic nitrogens is 1. The fraction of sp³-hybridized carbons (Fsp3) is 0.190. The van der Waals surface area contributed by atoms with Crippen LogP contribution in [0.15, 0.2) is 60.0 Å². The highest BCUT2D eigenvalue weighted by Crippen LogP contribution is 2.27. The Hall–Kier alpha value is -2.50. The highest BCUT2D eigenvalue weighted by atomic mass is 32.1. The minimum absolute atomic E-state index is 0.227. The van der Waals surface area contributed by atoms with E-state index in [1.54, 1.807) is 35.6 Å². The molecule has 0 aliphatic carbocycles. The summed E-state index contributed by atoms with van der Waals surface area (Å²) in [5.41, 5.74) is 4.51. The van der Waals surface area contributed by atoms with Crippen molar-refractivity contribution in [3.8, 4) is 16.3 Å². The number of benzene rings is 2. The van der Waals surface area contributed by atoms with Crippen molar-refractivity contribution < 1.29 is 9.50 Å². The third-order valence-electron chi connectivity index (χ3n) is 4.56. The molecule has 0 spiro atoms. The molecule has 1 aromatic heterocycles. The van der Waals surface area contributed by atoms with Crippen molar-refractivity contribution in [2.75, 3.05) is 13.1 Å². The summed E-state index contributed by atoms with van der Waals surface area (Å²) in [6.07, 6.45) is 3.24. The lowest BCUT2D eigenvalue weighted by Gasteiger charge is -2.25. The summed E-state index contributed by atoms with van der Waals surface area (Å²) in [7, 11) is 0. The van der Waals surface area contributed by atoms with Gasteiger partial charge in [0.2, 0.25) is 0 Å². The molecule has 0 bridgehead atoms. The first-order valence-corrected chi connectivity index (χ1v) is 9.46. The fourth-order valence-corrected chi connectivity index (χ4v) is 3.94. The van der Waals surface area contributed by atoms with E-state index in [0.29, 0.717) is 5.75 Å². The van der Waals surface area contributed by atoms with E-state index in [-0.39, 0.29) is 5.82 Å². The molecule has 0 radical (unpaired) electrons. The summed E-state index contributed by atoms with van der Waals surface area (Å²) in [4.78, 5) is 7.07. The molecule has 0 amide bonds. The van der Waals surface area contributed by atoms with Gasteiger partial charge in [0, 0.05) is 30.6 Å². The Bertz CT molecular complexity index is 916. The molecule has 1 aliphatic heterocycles. The number of aromatic hydroxyl groups is 1. The molecular weight excluding hydrogens is 347 g/mol. The van der Waals surface area contributed by atoms with Gasteiger partial charge >= 0.3 is 0 Å². The van der Waals surface area contributed by atoms with Crippen LogP contribution < -0.4 is 0 Å². The van der Waals surface area contributed by atoms with Gasteiger partial charge in [-0.15, -0.1) is 11.3 Å². The van der Waals surface area contributed by atoms with Gasteiger partial charge < -0.3 is 5.11 Å². The van der Waals surface area contributed by atoms with Crippen molar-refractivity contribution in [2.45, 2.75) is 13.0 Å². The van der Waals surface area contributed by atoms with Crippen molar-refractivity contribution in [3.05, 3.63) is 77.1 Å². The van der Waals surface area contributed by atoms with E-state index in [2.05, 4.69) is 16.4 Å². The number of rotatable bonds is 4. The molecule has 2 heterocycles. The predicted octanol–water partition coefficient (Wildman–Crippen LogP) is 4.94. The van der Waals surface area contributed by atoms with Gasteiger partial charge in [-0.3, -0.25) is 4.90 Å². The maximum atomic E-state index is 13.0. The number of hydrogen-bond acceptors (Lipinski definition) is 4. The number of hydrogen-bond donors (Lipinski definition) is 1. The lowest BCUT2D eigenvalue weighted by atomic mass is 9.99. The van der Waals surface area contributed by atoms with Gasteiger partial charge in [-0.2, -0.15) is 0 Å². The van der Waals surface area contributed by atoms with E-state index in [1.165, 1.54) is 23.3 Å². The molecule has 1 aliphatic rings. The number of nitrogens with zero attached hydrogens (tertiary/aromatic N) is 2. The SMILES string of the molecule is Oc1ccc(C2=CCN(Cc3csc(-c4ccc(F)cc4)n3)CC2)cc1. The third kappa shape index (κ3) is 3.84. The Morgan fingerprint density at radius 2 is 1.77 bits per heavy atom. The second kappa shape index (κ2) is 7.40. The molecule has 132 valence electrons. The van der Waals surface area contributed by atoms with Gasteiger partial charge in [0.1, 0.15) is 16.6 Å².